The van der Waals surface area contributed by atoms with Crippen LogP contribution in [0.25, 0.3) is 0 Å². The van der Waals surface area contributed by atoms with Crippen LogP contribution in [0.4, 0.5) is 0 Å². The van der Waals surface area contributed by atoms with Crippen molar-refractivity contribution >= 4 is 5.91 Å². The fourth-order valence-corrected chi connectivity index (χ4v) is 3.54. The van der Waals surface area contributed by atoms with Gasteiger partial charge in [0.25, 0.3) is 0 Å². The summed E-state index contributed by atoms with van der Waals surface area (Å²) in [5, 5.41) is 3.42. The van der Waals surface area contributed by atoms with Gasteiger partial charge in [0.1, 0.15) is 0 Å². The second-order valence-corrected chi connectivity index (χ2v) is 6.87. The quantitative estimate of drug-likeness (QED) is 0.922. The SMILES string of the molecule is CC(C)c1ccc(CCC(=O)N2C[C@H]3CNC[C@H]3C2)cc1. The molecule has 1 amide bonds. The molecule has 114 valence electrons. The Labute approximate surface area is 127 Å². The Morgan fingerprint density at radius 1 is 1.19 bits per heavy atom. The molecular weight excluding hydrogens is 260 g/mol. The van der Waals surface area contributed by atoms with E-state index in [1.165, 1.54) is 11.1 Å². The van der Waals surface area contributed by atoms with Crippen LogP contribution in [-0.2, 0) is 11.2 Å². The summed E-state index contributed by atoms with van der Waals surface area (Å²) in [5.41, 5.74) is 2.64. The average molecular weight is 286 g/mol. The first-order valence-electron chi connectivity index (χ1n) is 8.21. The lowest BCUT2D eigenvalue weighted by molar-refractivity contribution is -0.130. The number of nitrogens with one attached hydrogen (secondary N) is 1. The second kappa shape index (κ2) is 6.18. The van der Waals surface area contributed by atoms with Gasteiger partial charge in [0, 0.05) is 32.6 Å². The first kappa shape index (κ1) is 14.6. The number of benzene rings is 1. The zero-order chi connectivity index (χ0) is 14.8. The molecule has 0 spiro atoms. The molecule has 2 saturated heterocycles. The number of hydrogen-bond acceptors (Lipinski definition) is 2. The zero-order valence-electron chi connectivity index (χ0n) is 13.1. The maximum atomic E-state index is 12.3. The summed E-state index contributed by atoms with van der Waals surface area (Å²) in [4.78, 5) is 14.4. The molecule has 0 aliphatic carbocycles. The predicted octanol–water partition coefficient (Wildman–Crippen LogP) is 2.42. The largest absolute Gasteiger partial charge is 0.342 e. The Kier molecular flexibility index (Phi) is 4.29. The first-order chi connectivity index (χ1) is 10.1. The average Bonchev–Trinajstić information content (AvgIpc) is 3.06. The van der Waals surface area contributed by atoms with E-state index >= 15 is 0 Å². The van der Waals surface area contributed by atoms with E-state index in [9.17, 15) is 4.79 Å². The minimum absolute atomic E-state index is 0.331. The second-order valence-electron chi connectivity index (χ2n) is 6.87. The van der Waals surface area contributed by atoms with Gasteiger partial charge in [0.05, 0.1) is 0 Å². The minimum Gasteiger partial charge on any atom is -0.342 e. The van der Waals surface area contributed by atoms with Crippen molar-refractivity contribution < 1.29 is 4.79 Å². The third-order valence-corrected chi connectivity index (χ3v) is 5.02. The Balaban J connectivity index is 1.49. The van der Waals surface area contributed by atoms with Crippen LogP contribution in [0.2, 0.25) is 0 Å². The van der Waals surface area contributed by atoms with Crippen LogP contribution in [0.15, 0.2) is 24.3 Å². The van der Waals surface area contributed by atoms with Gasteiger partial charge in [-0.15, -0.1) is 0 Å². The molecule has 0 bridgehead atoms. The molecule has 2 aliphatic heterocycles. The van der Waals surface area contributed by atoms with E-state index in [-0.39, 0.29) is 0 Å². The molecule has 3 nitrogen and oxygen atoms in total. The van der Waals surface area contributed by atoms with Crippen molar-refractivity contribution in [3.05, 3.63) is 35.4 Å². The third kappa shape index (κ3) is 3.29. The summed E-state index contributed by atoms with van der Waals surface area (Å²) in [6.45, 7) is 8.51. The van der Waals surface area contributed by atoms with Gasteiger partial charge in [-0.1, -0.05) is 38.1 Å². The highest BCUT2D eigenvalue weighted by molar-refractivity contribution is 5.76. The van der Waals surface area contributed by atoms with Crippen molar-refractivity contribution in [2.24, 2.45) is 11.8 Å². The molecule has 21 heavy (non-hydrogen) atoms. The number of likely N-dealkylation sites (tertiary alicyclic amines) is 1. The van der Waals surface area contributed by atoms with Crippen molar-refractivity contribution in [2.45, 2.75) is 32.6 Å². The predicted molar refractivity (Wildman–Crippen MR) is 85.3 cm³/mol. The Hall–Kier alpha value is -1.35. The van der Waals surface area contributed by atoms with Gasteiger partial charge in [0.2, 0.25) is 5.91 Å². The molecular formula is C18H26N2O. The first-order valence-corrected chi connectivity index (χ1v) is 8.21. The van der Waals surface area contributed by atoms with Crippen molar-refractivity contribution in [1.29, 1.82) is 0 Å². The smallest absolute Gasteiger partial charge is 0.222 e. The fraction of sp³-hybridized carbons (Fsp3) is 0.611. The molecule has 0 aromatic heterocycles. The van der Waals surface area contributed by atoms with Crippen LogP contribution < -0.4 is 5.32 Å². The molecule has 2 fully saturated rings. The van der Waals surface area contributed by atoms with Gasteiger partial charge < -0.3 is 10.2 Å². The van der Waals surface area contributed by atoms with Crippen LogP contribution >= 0.6 is 0 Å². The Morgan fingerprint density at radius 2 is 1.81 bits per heavy atom. The van der Waals surface area contributed by atoms with Gasteiger partial charge in [-0.05, 0) is 35.3 Å². The maximum Gasteiger partial charge on any atom is 0.222 e. The molecule has 0 unspecified atom stereocenters. The van der Waals surface area contributed by atoms with E-state index < -0.39 is 0 Å². The van der Waals surface area contributed by atoms with Crippen molar-refractivity contribution in [3.63, 3.8) is 0 Å². The highest BCUT2D eigenvalue weighted by Gasteiger charge is 2.37. The standard InChI is InChI=1S/C18H26N2O/c1-13(2)15-6-3-14(4-7-15)5-8-18(21)20-11-16-9-19-10-17(16)12-20/h3-4,6-7,13,16-17,19H,5,8-12H2,1-2H3/t16-,17+. The van der Waals surface area contributed by atoms with Gasteiger partial charge in [-0.2, -0.15) is 0 Å². The van der Waals surface area contributed by atoms with Crippen LogP contribution in [-0.4, -0.2) is 37.0 Å². The van der Waals surface area contributed by atoms with E-state index in [4.69, 9.17) is 0 Å². The van der Waals surface area contributed by atoms with E-state index in [1.54, 1.807) is 0 Å². The molecule has 1 aromatic carbocycles. The minimum atomic E-state index is 0.331. The van der Waals surface area contributed by atoms with E-state index in [2.05, 4.69) is 48.3 Å². The summed E-state index contributed by atoms with van der Waals surface area (Å²) in [6.07, 6.45) is 1.51. The van der Waals surface area contributed by atoms with Crippen molar-refractivity contribution in [2.75, 3.05) is 26.2 Å². The van der Waals surface area contributed by atoms with Crippen LogP contribution in [0.1, 0.15) is 37.3 Å². The normalized spacial score (nSPS) is 24.6. The zero-order valence-corrected chi connectivity index (χ0v) is 13.1. The van der Waals surface area contributed by atoms with Gasteiger partial charge >= 0.3 is 0 Å². The number of nitrogens with zero attached hydrogens (tertiary/aromatic N) is 1. The van der Waals surface area contributed by atoms with Gasteiger partial charge in [0.15, 0.2) is 0 Å². The summed E-state index contributed by atoms with van der Waals surface area (Å²) < 4.78 is 0. The Morgan fingerprint density at radius 3 is 2.38 bits per heavy atom. The number of rotatable bonds is 4. The van der Waals surface area contributed by atoms with E-state index in [0.29, 0.717) is 30.1 Å². The van der Waals surface area contributed by atoms with Gasteiger partial charge in [-0.25, -0.2) is 0 Å². The number of amides is 1. The number of fused-ring (bicyclic) bond motifs is 1. The fourth-order valence-electron chi connectivity index (χ4n) is 3.54. The lowest BCUT2D eigenvalue weighted by Crippen LogP contribution is -2.31. The number of hydrogen-bond donors (Lipinski definition) is 1. The van der Waals surface area contributed by atoms with Crippen molar-refractivity contribution in [3.8, 4) is 0 Å². The van der Waals surface area contributed by atoms with Crippen molar-refractivity contribution in [1.82, 2.24) is 10.2 Å². The molecule has 1 N–H and O–H groups in total. The third-order valence-electron chi connectivity index (χ3n) is 5.02. The number of aryl methyl sites for hydroxylation is 1. The molecule has 2 heterocycles. The van der Waals surface area contributed by atoms with Gasteiger partial charge in [-0.3, -0.25) is 4.79 Å². The molecule has 1 aromatic rings. The lowest BCUT2D eigenvalue weighted by atomic mass is 10.0. The Bertz CT molecular complexity index is 482. The molecule has 0 radical (unpaired) electrons. The van der Waals surface area contributed by atoms with Crippen LogP contribution in [0, 0.1) is 11.8 Å². The molecule has 3 heteroatoms. The van der Waals surface area contributed by atoms with E-state index in [1.807, 2.05) is 0 Å². The molecule has 2 atom stereocenters. The highest BCUT2D eigenvalue weighted by Crippen LogP contribution is 2.26. The summed E-state index contributed by atoms with van der Waals surface area (Å²) >= 11 is 0. The molecule has 3 rings (SSSR count). The number of carbonyl (C=O) groups excluding carboxylic acids is 1. The van der Waals surface area contributed by atoms with Crippen LogP contribution in [0.3, 0.4) is 0 Å². The summed E-state index contributed by atoms with van der Waals surface area (Å²) in [7, 11) is 0. The molecule has 0 saturated carbocycles. The van der Waals surface area contributed by atoms with Crippen LogP contribution in [0.5, 0.6) is 0 Å². The summed E-state index contributed by atoms with van der Waals surface area (Å²) in [6, 6.07) is 8.73. The maximum absolute atomic E-state index is 12.3. The number of carbonyl (C=O) groups is 1. The highest BCUT2D eigenvalue weighted by atomic mass is 16.2. The lowest BCUT2D eigenvalue weighted by Gasteiger charge is -2.17. The van der Waals surface area contributed by atoms with E-state index in [0.717, 1.165) is 32.6 Å². The molecule has 2 aliphatic rings. The monoisotopic (exact) mass is 286 g/mol. The summed E-state index contributed by atoms with van der Waals surface area (Å²) in [5.74, 6) is 2.29. The topological polar surface area (TPSA) is 32.3 Å².